The van der Waals surface area contributed by atoms with Gasteiger partial charge in [-0.05, 0) is 26.3 Å². The van der Waals surface area contributed by atoms with Crippen LogP contribution in [-0.2, 0) is 14.3 Å². The fourth-order valence-electron chi connectivity index (χ4n) is 2.30. The molecular weight excluding hydrogens is 232 g/mol. The smallest absolute Gasteiger partial charge is 0.324 e. The predicted molar refractivity (Wildman–Crippen MR) is 70.6 cm³/mol. The minimum absolute atomic E-state index is 0.145. The normalized spacial score (nSPS) is 19.7. The SMILES string of the molecule is CCNC(CN1CCC(OC)CC1)C(=O)OCC. The first kappa shape index (κ1) is 15.4. The Labute approximate surface area is 110 Å². The van der Waals surface area contributed by atoms with Gasteiger partial charge in [0.1, 0.15) is 6.04 Å². The number of ether oxygens (including phenoxy) is 2. The van der Waals surface area contributed by atoms with Gasteiger partial charge in [-0.25, -0.2) is 0 Å². The van der Waals surface area contributed by atoms with Gasteiger partial charge >= 0.3 is 5.97 Å². The molecule has 0 bridgehead atoms. The molecule has 0 amide bonds. The number of hydrogen-bond acceptors (Lipinski definition) is 5. The van der Waals surface area contributed by atoms with Crippen molar-refractivity contribution in [3.8, 4) is 0 Å². The third-order valence-electron chi connectivity index (χ3n) is 3.33. The monoisotopic (exact) mass is 258 g/mol. The number of nitrogens with zero attached hydrogens (tertiary/aromatic N) is 1. The second-order valence-corrected chi connectivity index (χ2v) is 4.60. The first-order valence-electron chi connectivity index (χ1n) is 6.86. The largest absolute Gasteiger partial charge is 0.465 e. The van der Waals surface area contributed by atoms with Gasteiger partial charge in [0.05, 0.1) is 12.7 Å². The minimum Gasteiger partial charge on any atom is -0.465 e. The van der Waals surface area contributed by atoms with Gasteiger partial charge < -0.3 is 19.7 Å². The molecule has 1 heterocycles. The van der Waals surface area contributed by atoms with Crippen LogP contribution >= 0.6 is 0 Å². The summed E-state index contributed by atoms with van der Waals surface area (Å²) in [6.07, 6.45) is 2.46. The number of rotatable bonds is 7. The van der Waals surface area contributed by atoms with Crippen molar-refractivity contribution in [1.29, 1.82) is 0 Å². The quantitative estimate of drug-likeness (QED) is 0.679. The zero-order valence-corrected chi connectivity index (χ0v) is 11.8. The van der Waals surface area contributed by atoms with E-state index in [1.165, 1.54) is 0 Å². The average Bonchev–Trinajstić information content (AvgIpc) is 2.39. The van der Waals surface area contributed by atoms with Gasteiger partial charge in [0.2, 0.25) is 0 Å². The van der Waals surface area contributed by atoms with Crippen molar-refractivity contribution in [2.45, 2.75) is 38.8 Å². The van der Waals surface area contributed by atoms with Crippen LogP contribution < -0.4 is 5.32 Å². The minimum atomic E-state index is -0.214. The van der Waals surface area contributed by atoms with Crippen molar-refractivity contribution in [3.63, 3.8) is 0 Å². The third-order valence-corrected chi connectivity index (χ3v) is 3.33. The van der Waals surface area contributed by atoms with Crippen LogP contribution in [0.1, 0.15) is 26.7 Å². The van der Waals surface area contributed by atoms with Crippen LogP contribution in [0.15, 0.2) is 0 Å². The van der Waals surface area contributed by atoms with Crippen molar-refractivity contribution in [2.75, 3.05) is 39.9 Å². The maximum absolute atomic E-state index is 11.8. The summed E-state index contributed by atoms with van der Waals surface area (Å²) in [5.74, 6) is -0.145. The van der Waals surface area contributed by atoms with Gasteiger partial charge in [-0.15, -0.1) is 0 Å². The molecule has 5 heteroatoms. The van der Waals surface area contributed by atoms with E-state index in [-0.39, 0.29) is 12.0 Å². The van der Waals surface area contributed by atoms with Gasteiger partial charge in [0, 0.05) is 26.7 Å². The summed E-state index contributed by atoms with van der Waals surface area (Å²) in [6.45, 7) is 7.75. The highest BCUT2D eigenvalue weighted by Crippen LogP contribution is 2.13. The first-order valence-corrected chi connectivity index (χ1v) is 6.86. The second-order valence-electron chi connectivity index (χ2n) is 4.60. The van der Waals surface area contributed by atoms with Crippen LogP contribution in [0.5, 0.6) is 0 Å². The molecule has 1 atom stereocenters. The van der Waals surface area contributed by atoms with Crippen molar-refractivity contribution in [3.05, 3.63) is 0 Å². The third kappa shape index (κ3) is 4.92. The molecule has 0 aromatic carbocycles. The van der Waals surface area contributed by atoms with Crippen LogP contribution in [0.3, 0.4) is 0 Å². The maximum Gasteiger partial charge on any atom is 0.324 e. The molecule has 1 N–H and O–H groups in total. The molecule has 0 aromatic rings. The van der Waals surface area contributed by atoms with Gasteiger partial charge in [-0.2, -0.15) is 0 Å². The first-order chi connectivity index (χ1) is 8.71. The highest BCUT2D eigenvalue weighted by molar-refractivity contribution is 5.76. The van der Waals surface area contributed by atoms with Crippen LogP contribution in [0.25, 0.3) is 0 Å². The van der Waals surface area contributed by atoms with Crippen LogP contribution in [0, 0.1) is 0 Å². The lowest BCUT2D eigenvalue weighted by molar-refractivity contribution is -0.146. The lowest BCUT2D eigenvalue weighted by Gasteiger charge is -2.33. The van der Waals surface area contributed by atoms with E-state index in [4.69, 9.17) is 9.47 Å². The summed E-state index contributed by atoms with van der Waals surface area (Å²) in [5, 5.41) is 3.19. The summed E-state index contributed by atoms with van der Waals surface area (Å²) < 4.78 is 10.4. The zero-order chi connectivity index (χ0) is 13.4. The molecule has 1 unspecified atom stereocenters. The lowest BCUT2D eigenvalue weighted by Crippen LogP contribution is -2.49. The molecule has 0 saturated carbocycles. The van der Waals surface area contributed by atoms with Gasteiger partial charge in [0.25, 0.3) is 0 Å². The molecule has 0 radical (unpaired) electrons. The molecule has 18 heavy (non-hydrogen) atoms. The molecule has 1 saturated heterocycles. The highest BCUT2D eigenvalue weighted by atomic mass is 16.5. The summed E-state index contributed by atoms with van der Waals surface area (Å²) in [5.41, 5.74) is 0. The molecule has 0 aromatic heterocycles. The zero-order valence-electron chi connectivity index (χ0n) is 11.8. The second kappa shape index (κ2) is 8.45. The Morgan fingerprint density at radius 3 is 2.56 bits per heavy atom. The maximum atomic E-state index is 11.8. The Balaban J connectivity index is 2.39. The molecule has 0 aliphatic carbocycles. The van der Waals surface area contributed by atoms with E-state index in [9.17, 15) is 4.79 Å². The van der Waals surface area contributed by atoms with Crippen molar-refractivity contribution in [1.82, 2.24) is 10.2 Å². The molecular formula is C13H26N2O3. The summed E-state index contributed by atoms with van der Waals surface area (Å²) in [4.78, 5) is 14.1. The molecule has 1 rings (SSSR count). The standard InChI is InChI=1S/C13H26N2O3/c1-4-14-12(13(16)18-5-2)10-15-8-6-11(17-3)7-9-15/h11-12,14H,4-10H2,1-3H3. The predicted octanol–water partition coefficient (Wildman–Crippen LogP) is 0.638. The summed E-state index contributed by atoms with van der Waals surface area (Å²) >= 11 is 0. The molecule has 1 fully saturated rings. The molecule has 0 spiro atoms. The molecule has 1 aliphatic rings. The number of esters is 1. The fraction of sp³-hybridized carbons (Fsp3) is 0.923. The number of piperidine rings is 1. The van der Waals surface area contributed by atoms with E-state index in [1.807, 2.05) is 13.8 Å². The topological polar surface area (TPSA) is 50.8 Å². The number of hydrogen-bond donors (Lipinski definition) is 1. The Morgan fingerprint density at radius 1 is 1.39 bits per heavy atom. The summed E-state index contributed by atoms with van der Waals surface area (Å²) in [7, 11) is 1.76. The van der Waals surface area contributed by atoms with Crippen LogP contribution in [-0.4, -0.2) is 62.9 Å². The van der Waals surface area contributed by atoms with E-state index in [0.717, 1.165) is 39.0 Å². The van der Waals surface area contributed by atoms with E-state index < -0.39 is 0 Å². The Bertz CT molecular complexity index is 240. The lowest BCUT2D eigenvalue weighted by atomic mass is 10.1. The number of methoxy groups -OCH3 is 1. The number of nitrogens with one attached hydrogen (secondary N) is 1. The van der Waals surface area contributed by atoms with Gasteiger partial charge in [-0.1, -0.05) is 6.92 Å². The molecule has 106 valence electrons. The average molecular weight is 258 g/mol. The molecule has 5 nitrogen and oxygen atoms in total. The van der Waals surface area contributed by atoms with E-state index in [0.29, 0.717) is 12.7 Å². The van der Waals surface area contributed by atoms with E-state index in [2.05, 4.69) is 10.2 Å². The Kier molecular flexibility index (Phi) is 7.23. The van der Waals surface area contributed by atoms with Crippen LogP contribution in [0.2, 0.25) is 0 Å². The number of carbonyl (C=O) groups excluding carboxylic acids is 1. The van der Waals surface area contributed by atoms with Gasteiger partial charge in [-0.3, -0.25) is 4.79 Å². The van der Waals surface area contributed by atoms with Crippen molar-refractivity contribution >= 4 is 5.97 Å². The highest BCUT2D eigenvalue weighted by Gasteiger charge is 2.25. The number of carbonyl (C=O) groups is 1. The van der Waals surface area contributed by atoms with Crippen molar-refractivity contribution < 1.29 is 14.3 Å². The van der Waals surface area contributed by atoms with Crippen LogP contribution in [0.4, 0.5) is 0 Å². The van der Waals surface area contributed by atoms with Gasteiger partial charge in [0.15, 0.2) is 0 Å². The Morgan fingerprint density at radius 2 is 2.06 bits per heavy atom. The Hall–Kier alpha value is -0.650. The molecule has 1 aliphatic heterocycles. The fourth-order valence-corrected chi connectivity index (χ4v) is 2.30. The number of likely N-dealkylation sites (N-methyl/N-ethyl adjacent to an activating group) is 1. The summed E-state index contributed by atoms with van der Waals surface area (Å²) in [6, 6.07) is -0.214. The van der Waals surface area contributed by atoms with Crippen molar-refractivity contribution in [2.24, 2.45) is 0 Å². The van der Waals surface area contributed by atoms with E-state index >= 15 is 0 Å². The van der Waals surface area contributed by atoms with E-state index in [1.54, 1.807) is 7.11 Å². The number of likely N-dealkylation sites (tertiary alicyclic amines) is 1.